The quantitative estimate of drug-likeness (QED) is 0.658. The fraction of sp³-hybridized carbons (Fsp3) is 0.200. The van der Waals surface area contributed by atoms with Crippen LogP contribution in [0.5, 0.6) is 0 Å². The van der Waals surface area contributed by atoms with Gasteiger partial charge in [-0.3, -0.25) is 0 Å². The van der Waals surface area contributed by atoms with Crippen molar-refractivity contribution in [3.05, 3.63) is 53.1 Å². The summed E-state index contributed by atoms with van der Waals surface area (Å²) in [5.41, 5.74) is 13.5. The number of aryl methyl sites for hydroxylation is 1. The molecule has 1 aliphatic carbocycles. The van der Waals surface area contributed by atoms with Gasteiger partial charge in [-0.15, -0.1) is 0 Å². The topological polar surface area (TPSA) is 26.0 Å². The van der Waals surface area contributed by atoms with Crippen LogP contribution in [0.4, 0.5) is 5.69 Å². The van der Waals surface area contributed by atoms with Gasteiger partial charge in [0.05, 0.1) is 0 Å². The minimum atomic E-state index is 0.466. The van der Waals surface area contributed by atoms with Crippen LogP contribution < -0.4 is 5.73 Å². The van der Waals surface area contributed by atoms with Crippen molar-refractivity contribution < 1.29 is 0 Å². The molecule has 1 aliphatic rings. The fourth-order valence-corrected chi connectivity index (χ4v) is 2.64. The van der Waals surface area contributed by atoms with Gasteiger partial charge >= 0.3 is 0 Å². The highest BCUT2D eigenvalue weighted by molar-refractivity contribution is 5.80. The Morgan fingerprint density at radius 1 is 0.938 bits per heavy atom. The lowest BCUT2D eigenvalue weighted by molar-refractivity contribution is 0.955. The van der Waals surface area contributed by atoms with Crippen molar-refractivity contribution in [2.75, 3.05) is 5.73 Å². The molecule has 1 atom stereocenters. The molecule has 0 heterocycles. The predicted octanol–water partition coefficient (Wildman–Crippen LogP) is 3.71. The second kappa shape index (κ2) is 3.11. The van der Waals surface area contributed by atoms with Crippen molar-refractivity contribution >= 4 is 5.69 Å². The van der Waals surface area contributed by atoms with E-state index in [-0.39, 0.29) is 0 Å². The Kier molecular flexibility index (Phi) is 1.84. The molecule has 1 nitrogen and oxygen atoms in total. The van der Waals surface area contributed by atoms with Gasteiger partial charge in [0.15, 0.2) is 0 Å². The molecule has 0 bridgehead atoms. The average molecular weight is 209 g/mol. The number of anilines is 1. The molecule has 0 aliphatic heterocycles. The van der Waals surface area contributed by atoms with Crippen LogP contribution in [0.25, 0.3) is 11.1 Å². The molecule has 0 radical (unpaired) electrons. The number of fused-ring (bicyclic) bond motifs is 3. The van der Waals surface area contributed by atoms with Crippen LogP contribution >= 0.6 is 0 Å². The Labute approximate surface area is 95.9 Å². The molecule has 0 saturated carbocycles. The van der Waals surface area contributed by atoms with Gasteiger partial charge in [0.2, 0.25) is 0 Å². The van der Waals surface area contributed by atoms with Crippen molar-refractivity contribution in [1.29, 1.82) is 0 Å². The molecule has 0 fully saturated rings. The molecule has 80 valence electrons. The fourth-order valence-electron chi connectivity index (χ4n) is 2.64. The van der Waals surface area contributed by atoms with E-state index in [4.69, 9.17) is 5.73 Å². The lowest BCUT2D eigenvalue weighted by atomic mass is 9.98. The summed E-state index contributed by atoms with van der Waals surface area (Å²) in [6.07, 6.45) is 0. The molecule has 2 N–H and O–H groups in total. The summed E-state index contributed by atoms with van der Waals surface area (Å²) >= 11 is 0. The smallest absolute Gasteiger partial charge is 0.0317 e. The minimum Gasteiger partial charge on any atom is -0.399 e. The van der Waals surface area contributed by atoms with Gasteiger partial charge < -0.3 is 5.73 Å². The summed E-state index contributed by atoms with van der Waals surface area (Å²) in [6, 6.07) is 12.9. The van der Waals surface area contributed by atoms with E-state index in [1.54, 1.807) is 0 Å². The zero-order chi connectivity index (χ0) is 11.3. The number of hydrogen-bond acceptors (Lipinski definition) is 1. The predicted molar refractivity (Wildman–Crippen MR) is 68.5 cm³/mol. The second-order valence-corrected chi connectivity index (χ2v) is 4.66. The van der Waals surface area contributed by atoms with E-state index in [0.717, 1.165) is 5.69 Å². The summed E-state index contributed by atoms with van der Waals surface area (Å²) in [4.78, 5) is 0. The third-order valence-electron chi connectivity index (χ3n) is 3.51. The first-order valence-electron chi connectivity index (χ1n) is 5.67. The Bertz CT molecular complexity index is 518. The van der Waals surface area contributed by atoms with Crippen LogP contribution in [-0.2, 0) is 0 Å². The van der Waals surface area contributed by atoms with E-state index in [1.165, 1.54) is 27.8 Å². The maximum atomic E-state index is 5.86. The maximum absolute atomic E-state index is 5.86. The van der Waals surface area contributed by atoms with Crippen molar-refractivity contribution in [1.82, 2.24) is 0 Å². The first-order valence-corrected chi connectivity index (χ1v) is 5.67. The number of rotatable bonds is 0. The Balaban J connectivity index is 2.30. The Hall–Kier alpha value is -1.76. The first kappa shape index (κ1) is 9.46. The number of nitrogen functional groups attached to an aromatic ring is 1. The first-order chi connectivity index (χ1) is 7.66. The zero-order valence-electron chi connectivity index (χ0n) is 9.62. The largest absolute Gasteiger partial charge is 0.399 e. The molecule has 2 aromatic rings. The van der Waals surface area contributed by atoms with Gasteiger partial charge in [-0.2, -0.15) is 0 Å². The van der Waals surface area contributed by atoms with Gasteiger partial charge in [0.25, 0.3) is 0 Å². The standard InChI is InChI=1S/C15H15N/c1-9-3-5-12-13-6-4-11(16)8-15(13)10(2)14(12)7-9/h3-8,10H,16H2,1-2H3. The number of hydrogen-bond donors (Lipinski definition) is 1. The minimum absolute atomic E-state index is 0.466. The molecule has 2 aromatic carbocycles. The highest BCUT2D eigenvalue weighted by atomic mass is 14.5. The maximum Gasteiger partial charge on any atom is 0.0317 e. The molecule has 16 heavy (non-hydrogen) atoms. The summed E-state index contributed by atoms with van der Waals surface area (Å²) in [5, 5.41) is 0. The average Bonchev–Trinajstić information content (AvgIpc) is 2.53. The van der Waals surface area contributed by atoms with Gasteiger partial charge in [0.1, 0.15) is 0 Å². The van der Waals surface area contributed by atoms with Crippen LogP contribution in [0.1, 0.15) is 29.5 Å². The van der Waals surface area contributed by atoms with Crippen molar-refractivity contribution in [3.8, 4) is 11.1 Å². The molecular weight excluding hydrogens is 194 g/mol. The molecule has 1 unspecified atom stereocenters. The van der Waals surface area contributed by atoms with Gasteiger partial charge in [-0.05, 0) is 41.3 Å². The highest BCUT2D eigenvalue weighted by Gasteiger charge is 2.24. The zero-order valence-corrected chi connectivity index (χ0v) is 9.62. The molecule has 0 saturated heterocycles. The highest BCUT2D eigenvalue weighted by Crippen LogP contribution is 2.45. The van der Waals surface area contributed by atoms with E-state index in [9.17, 15) is 0 Å². The van der Waals surface area contributed by atoms with Crippen LogP contribution in [0.15, 0.2) is 36.4 Å². The monoisotopic (exact) mass is 209 g/mol. The Morgan fingerprint density at radius 3 is 2.31 bits per heavy atom. The third kappa shape index (κ3) is 1.18. The number of nitrogens with two attached hydrogens (primary N) is 1. The van der Waals surface area contributed by atoms with E-state index in [2.05, 4.69) is 44.2 Å². The van der Waals surface area contributed by atoms with E-state index in [0.29, 0.717) is 5.92 Å². The van der Waals surface area contributed by atoms with Gasteiger partial charge in [0, 0.05) is 11.6 Å². The van der Waals surface area contributed by atoms with Crippen LogP contribution in [0.3, 0.4) is 0 Å². The second-order valence-electron chi connectivity index (χ2n) is 4.66. The Morgan fingerprint density at radius 2 is 1.56 bits per heavy atom. The van der Waals surface area contributed by atoms with Crippen LogP contribution in [-0.4, -0.2) is 0 Å². The van der Waals surface area contributed by atoms with E-state index in [1.807, 2.05) is 6.07 Å². The molecular formula is C15H15N. The van der Waals surface area contributed by atoms with Crippen molar-refractivity contribution in [3.63, 3.8) is 0 Å². The number of benzene rings is 2. The normalized spacial score (nSPS) is 17.0. The molecule has 0 amide bonds. The summed E-state index contributed by atoms with van der Waals surface area (Å²) in [7, 11) is 0. The SMILES string of the molecule is Cc1ccc2c(c1)C(C)c1cc(N)ccc1-2. The molecule has 0 spiro atoms. The molecule has 1 heteroatoms. The lowest BCUT2D eigenvalue weighted by Gasteiger charge is -2.07. The summed E-state index contributed by atoms with van der Waals surface area (Å²) in [5.74, 6) is 0.466. The van der Waals surface area contributed by atoms with E-state index >= 15 is 0 Å². The molecule has 0 aromatic heterocycles. The van der Waals surface area contributed by atoms with Gasteiger partial charge in [-0.1, -0.05) is 36.8 Å². The van der Waals surface area contributed by atoms with Crippen LogP contribution in [0.2, 0.25) is 0 Å². The van der Waals surface area contributed by atoms with Gasteiger partial charge in [-0.25, -0.2) is 0 Å². The van der Waals surface area contributed by atoms with Crippen molar-refractivity contribution in [2.45, 2.75) is 19.8 Å². The third-order valence-corrected chi connectivity index (χ3v) is 3.51. The van der Waals surface area contributed by atoms with Crippen molar-refractivity contribution in [2.24, 2.45) is 0 Å². The summed E-state index contributed by atoms with van der Waals surface area (Å²) < 4.78 is 0. The van der Waals surface area contributed by atoms with E-state index < -0.39 is 0 Å². The summed E-state index contributed by atoms with van der Waals surface area (Å²) in [6.45, 7) is 4.40. The lowest BCUT2D eigenvalue weighted by Crippen LogP contribution is -1.92. The van der Waals surface area contributed by atoms with Crippen LogP contribution in [0, 0.1) is 6.92 Å². The molecule has 3 rings (SSSR count).